The van der Waals surface area contributed by atoms with E-state index in [0.29, 0.717) is 0 Å². The Kier molecular flexibility index (Phi) is 23.6. The van der Waals surface area contributed by atoms with Gasteiger partial charge in [0.2, 0.25) is 0 Å². The van der Waals surface area contributed by atoms with E-state index in [0.717, 1.165) is 99.6 Å². The number of nitrogens with zero attached hydrogens (tertiary/aromatic N) is 12. The van der Waals surface area contributed by atoms with E-state index in [2.05, 4.69) is 133 Å². The molecule has 0 aliphatic heterocycles. The number of hydrogen-bond donors (Lipinski definition) is 0. The second-order valence-electron chi connectivity index (χ2n) is 16.9. The van der Waals surface area contributed by atoms with Gasteiger partial charge >= 0.3 is 0 Å². The third-order valence-corrected chi connectivity index (χ3v) is 11.8. The van der Waals surface area contributed by atoms with Crippen LogP contribution in [0.3, 0.4) is 0 Å². The van der Waals surface area contributed by atoms with E-state index in [9.17, 15) is 0 Å². The number of rotatable bonds is 3. The smallest absolute Gasteiger partial charge is 0.0964 e. The molecule has 0 unspecified atom stereocenters. The summed E-state index contributed by atoms with van der Waals surface area (Å²) in [5.74, 6) is 0. The summed E-state index contributed by atoms with van der Waals surface area (Å²) >= 11 is 0. The first-order valence-corrected chi connectivity index (χ1v) is 25.0. The van der Waals surface area contributed by atoms with Gasteiger partial charge in [-0.2, -0.15) is 0 Å². The maximum absolute atomic E-state index is 4.35. The van der Waals surface area contributed by atoms with Gasteiger partial charge in [-0.25, -0.2) is 0 Å². The summed E-state index contributed by atoms with van der Waals surface area (Å²) < 4.78 is 0. The second kappa shape index (κ2) is 31.9. The summed E-state index contributed by atoms with van der Waals surface area (Å²) in [6.07, 6.45) is 21.4. The van der Waals surface area contributed by atoms with Crippen LogP contribution in [-0.4, -0.2) is 59.8 Å². The quantitative estimate of drug-likeness (QED) is 0.155. The normalized spacial score (nSPS) is 9.93. The Bertz CT molecular complexity index is 3560. The Morgan fingerprint density at radius 1 is 0.148 bits per heavy atom. The first-order chi connectivity index (χ1) is 38.7. The second-order valence-corrected chi connectivity index (χ2v) is 16.9. The van der Waals surface area contributed by atoms with Crippen molar-refractivity contribution in [1.82, 2.24) is 59.8 Å². The summed E-state index contributed by atoms with van der Waals surface area (Å²) in [4.78, 5) is 51.2. The summed E-state index contributed by atoms with van der Waals surface area (Å²) in [5.41, 5.74) is 11.4. The van der Waals surface area contributed by atoms with Gasteiger partial charge in [-0.15, -0.1) is 0 Å². The summed E-state index contributed by atoms with van der Waals surface area (Å²) in [7, 11) is 0. The van der Waals surface area contributed by atoms with Gasteiger partial charge in [0.1, 0.15) is 0 Å². The zero-order valence-electron chi connectivity index (χ0n) is 43.2. The maximum Gasteiger partial charge on any atom is 0.0964 e. The molecule has 0 bridgehead atoms. The van der Waals surface area contributed by atoms with Crippen LogP contribution in [0.25, 0.3) is 99.6 Å². The van der Waals surface area contributed by atoms with E-state index in [4.69, 9.17) is 0 Å². The van der Waals surface area contributed by atoms with Crippen LogP contribution in [0.15, 0.2) is 293 Å². The van der Waals surface area contributed by atoms with Crippen LogP contribution >= 0.6 is 0 Å². The summed E-state index contributed by atoms with van der Waals surface area (Å²) in [6, 6.07) is 71.2. The molecular formula is C67H52La2N12. The van der Waals surface area contributed by atoms with Gasteiger partial charge in [-0.05, 0) is 109 Å². The molecule has 15 aromatic rings. The predicted octanol–water partition coefficient (Wildman–Crippen LogP) is 15.4. The molecule has 12 heterocycles. The van der Waals surface area contributed by atoms with Gasteiger partial charge in [-0.1, -0.05) is 117 Å². The van der Waals surface area contributed by atoms with Crippen molar-refractivity contribution in [1.29, 1.82) is 0 Å². The van der Waals surface area contributed by atoms with Crippen LogP contribution in [0.2, 0.25) is 0 Å². The minimum atomic E-state index is 0. The molecule has 0 saturated heterocycles. The van der Waals surface area contributed by atoms with E-state index >= 15 is 0 Å². The molecule has 0 N–H and O–H groups in total. The molecule has 0 aliphatic rings. The molecular weight excluding hydrogens is 1250 g/mol. The van der Waals surface area contributed by atoms with Gasteiger partial charge in [0.15, 0.2) is 0 Å². The average molecular weight is 1300 g/mol. The first-order valence-electron chi connectivity index (χ1n) is 25.0. The molecule has 12 nitrogen and oxygen atoms in total. The minimum Gasteiger partial charge on any atom is -0.255 e. The van der Waals surface area contributed by atoms with Gasteiger partial charge in [-0.3, -0.25) is 59.8 Å². The van der Waals surface area contributed by atoms with Crippen molar-refractivity contribution < 1.29 is 71.2 Å². The van der Waals surface area contributed by atoms with Crippen molar-refractivity contribution in [2.75, 3.05) is 0 Å². The van der Waals surface area contributed by atoms with Crippen LogP contribution in [0.4, 0.5) is 0 Å². The van der Waals surface area contributed by atoms with E-state index in [1.165, 1.54) is 0 Å². The fourth-order valence-corrected chi connectivity index (χ4v) is 8.12. The Morgan fingerprint density at radius 2 is 0.296 bits per heavy atom. The largest absolute Gasteiger partial charge is 0.255 e. The third kappa shape index (κ3) is 16.5. The van der Waals surface area contributed by atoms with E-state index < -0.39 is 0 Å². The fraction of sp³-hybridized carbons (Fsp3) is 0.0149. The van der Waals surface area contributed by atoms with Crippen LogP contribution in [-0.2, 0) is 0 Å². The van der Waals surface area contributed by atoms with Gasteiger partial charge in [0.05, 0.1) is 67.3 Å². The van der Waals surface area contributed by atoms with Crippen molar-refractivity contribution in [3.63, 3.8) is 0 Å². The molecule has 0 fully saturated rings. The van der Waals surface area contributed by atoms with Crippen molar-refractivity contribution in [3.05, 3.63) is 293 Å². The monoisotopic (exact) mass is 1300 g/mol. The van der Waals surface area contributed by atoms with Crippen molar-refractivity contribution in [2.45, 2.75) is 7.43 Å². The zero-order chi connectivity index (χ0) is 52.8. The third-order valence-electron chi connectivity index (χ3n) is 11.8. The summed E-state index contributed by atoms with van der Waals surface area (Å²) in [5, 5.41) is 6.83. The number of aromatic nitrogens is 12. The molecule has 0 atom stereocenters. The van der Waals surface area contributed by atoms with E-state index in [-0.39, 0.29) is 78.6 Å². The minimum absolute atomic E-state index is 0. The Balaban J connectivity index is 0.000000139. The Hall–Kier alpha value is -8.59. The SMILES string of the molecule is C.[La].[La].c1ccc(-c2ccccn2)nc1.c1ccc(-c2ccccn2)nc1.c1ccc(-c2ccccn2)nc1.c1cnc2c(c1)ccc1cccnc12.c1cnc2c(c1)ccc1cccnc12.c1cnc2c(c1)ccc1cccnc12. The molecule has 0 aliphatic carbocycles. The van der Waals surface area contributed by atoms with E-state index in [1.807, 2.05) is 146 Å². The molecule has 81 heavy (non-hydrogen) atoms. The van der Waals surface area contributed by atoms with Crippen LogP contribution in [0.5, 0.6) is 0 Å². The standard InChI is InChI=1S/3C12H8N2.3C10H8N2.CH4.2La/c3*1-3-9-5-6-10-4-2-8-14-12(10)11(9)13-7-1;3*1-3-7-11-9(5-1)10-6-2-4-8-12-10;;;/h3*1-8H;3*1-8H;1H4;;. The molecule has 2 radical (unpaired) electrons. The molecule has 14 heteroatoms. The number of benzene rings is 3. The number of fused-ring (bicyclic) bond motifs is 9. The van der Waals surface area contributed by atoms with Crippen molar-refractivity contribution in [3.8, 4) is 34.2 Å². The molecule has 12 aromatic heterocycles. The van der Waals surface area contributed by atoms with Crippen LogP contribution < -0.4 is 0 Å². The molecule has 15 rings (SSSR count). The number of hydrogen-bond acceptors (Lipinski definition) is 12. The molecule has 3 aromatic carbocycles. The topological polar surface area (TPSA) is 155 Å². The fourth-order valence-electron chi connectivity index (χ4n) is 8.12. The molecule has 0 amide bonds. The van der Waals surface area contributed by atoms with E-state index in [1.54, 1.807) is 74.4 Å². The van der Waals surface area contributed by atoms with Crippen LogP contribution in [0, 0.1) is 71.2 Å². The predicted molar refractivity (Wildman–Crippen MR) is 320 cm³/mol. The summed E-state index contributed by atoms with van der Waals surface area (Å²) in [6.45, 7) is 0. The average Bonchev–Trinajstić information content (AvgIpc) is 3.55. The Labute approximate surface area is 525 Å². The van der Waals surface area contributed by atoms with Gasteiger partial charge < -0.3 is 0 Å². The Morgan fingerprint density at radius 3 is 0.432 bits per heavy atom. The number of pyridine rings is 12. The first kappa shape index (κ1) is 60.1. The molecule has 0 saturated carbocycles. The van der Waals surface area contributed by atoms with Crippen molar-refractivity contribution >= 4 is 65.4 Å². The zero-order valence-corrected chi connectivity index (χ0v) is 50.5. The van der Waals surface area contributed by atoms with Gasteiger partial charge in [0.25, 0.3) is 0 Å². The molecule has 0 spiro atoms. The van der Waals surface area contributed by atoms with Crippen molar-refractivity contribution in [2.24, 2.45) is 0 Å². The van der Waals surface area contributed by atoms with Gasteiger partial charge in [0, 0.05) is 178 Å². The maximum atomic E-state index is 4.35. The molecule has 386 valence electrons. The van der Waals surface area contributed by atoms with Crippen LogP contribution in [0.1, 0.15) is 7.43 Å².